The van der Waals surface area contributed by atoms with Crippen LogP contribution in [0.15, 0.2) is 133 Å². The van der Waals surface area contributed by atoms with E-state index in [1.54, 1.807) is 0 Å². The number of hydrogen-bond acceptors (Lipinski definition) is 0. The Labute approximate surface area is 209 Å². The standard InChI is InChI=1S/C36H22/c1-2-8-25-16-33-21-30-20-29(13-12-27(30)18-31(33)14-23(25)6-1)35-11-5-10-28-19-32-15-24-7-3-4-9-26(24)17-34(32)22-36(28)35/h1-22H. The van der Waals surface area contributed by atoms with Gasteiger partial charge in [0.2, 0.25) is 0 Å². The molecule has 0 aliphatic heterocycles. The van der Waals surface area contributed by atoms with Crippen molar-refractivity contribution in [1.29, 1.82) is 0 Å². The average Bonchev–Trinajstić information content (AvgIpc) is 2.92. The van der Waals surface area contributed by atoms with Crippen LogP contribution in [0.5, 0.6) is 0 Å². The van der Waals surface area contributed by atoms with Gasteiger partial charge in [-0.1, -0.05) is 78.9 Å². The molecule has 0 saturated heterocycles. The third-order valence-electron chi connectivity index (χ3n) is 7.67. The van der Waals surface area contributed by atoms with E-state index in [9.17, 15) is 0 Å². The van der Waals surface area contributed by atoms with E-state index in [1.165, 1.54) is 75.8 Å². The Hall–Kier alpha value is -4.68. The summed E-state index contributed by atoms with van der Waals surface area (Å²) in [5.41, 5.74) is 2.54. The summed E-state index contributed by atoms with van der Waals surface area (Å²) in [4.78, 5) is 0. The van der Waals surface area contributed by atoms with E-state index in [4.69, 9.17) is 0 Å². The van der Waals surface area contributed by atoms with Crippen molar-refractivity contribution in [2.24, 2.45) is 0 Å². The Bertz CT molecular complexity index is 2150. The van der Waals surface area contributed by atoms with Gasteiger partial charge in [0, 0.05) is 0 Å². The zero-order chi connectivity index (χ0) is 23.6. The maximum absolute atomic E-state index is 2.36. The average molecular weight is 455 g/mol. The topological polar surface area (TPSA) is 0 Å². The molecule has 0 spiro atoms. The van der Waals surface area contributed by atoms with E-state index in [2.05, 4.69) is 133 Å². The summed E-state index contributed by atoms with van der Waals surface area (Å²) in [5, 5.41) is 15.4. The molecule has 36 heavy (non-hydrogen) atoms. The summed E-state index contributed by atoms with van der Waals surface area (Å²) in [5.74, 6) is 0. The minimum Gasteiger partial charge on any atom is -0.0616 e. The van der Waals surface area contributed by atoms with Gasteiger partial charge in [-0.2, -0.15) is 0 Å². The molecule has 0 heteroatoms. The minimum absolute atomic E-state index is 1.26. The second kappa shape index (κ2) is 7.41. The van der Waals surface area contributed by atoms with Crippen LogP contribution in [0, 0.1) is 0 Å². The molecular formula is C36H22. The summed E-state index contributed by atoms with van der Waals surface area (Å²) in [6.45, 7) is 0. The lowest BCUT2D eigenvalue weighted by Gasteiger charge is -2.11. The zero-order valence-electron chi connectivity index (χ0n) is 19.7. The van der Waals surface area contributed by atoms with Crippen molar-refractivity contribution in [2.45, 2.75) is 0 Å². The predicted octanol–water partition coefficient (Wildman–Crippen LogP) is 10.3. The van der Waals surface area contributed by atoms with Crippen LogP contribution in [0.25, 0.3) is 75.8 Å². The summed E-state index contributed by atoms with van der Waals surface area (Å²) < 4.78 is 0. The molecule has 0 amide bonds. The number of rotatable bonds is 1. The van der Waals surface area contributed by atoms with Crippen molar-refractivity contribution < 1.29 is 0 Å². The first kappa shape index (κ1) is 19.6. The normalized spacial score (nSPS) is 11.9. The van der Waals surface area contributed by atoms with Gasteiger partial charge in [0.25, 0.3) is 0 Å². The summed E-state index contributed by atoms with van der Waals surface area (Å²) >= 11 is 0. The van der Waals surface area contributed by atoms with Crippen LogP contribution in [0.3, 0.4) is 0 Å². The van der Waals surface area contributed by atoms with Gasteiger partial charge in [0.1, 0.15) is 0 Å². The van der Waals surface area contributed by atoms with Crippen molar-refractivity contribution >= 4 is 64.6 Å². The lowest BCUT2D eigenvalue weighted by molar-refractivity contribution is 1.70. The smallest absolute Gasteiger partial charge is 0.00990 e. The Morgan fingerprint density at radius 1 is 0.250 bits per heavy atom. The fourth-order valence-corrected chi connectivity index (χ4v) is 5.83. The van der Waals surface area contributed by atoms with Gasteiger partial charge in [0.05, 0.1) is 0 Å². The lowest BCUT2D eigenvalue weighted by atomic mass is 9.92. The lowest BCUT2D eigenvalue weighted by Crippen LogP contribution is -1.85. The molecule has 8 aromatic rings. The molecule has 0 bridgehead atoms. The fraction of sp³-hybridized carbons (Fsp3) is 0. The van der Waals surface area contributed by atoms with Gasteiger partial charge in [0.15, 0.2) is 0 Å². The molecule has 8 rings (SSSR count). The highest BCUT2D eigenvalue weighted by molar-refractivity contribution is 6.10. The molecule has 0 aromatic heterocycles. The third-order valence-corrected chi connectivity index (χ3v) is 7.67. The Kier molecular flexibility index (Phi) is 4.03. The van der Waals surface area contributed by atoms with E-state index in [0.29, 0.717) is 0 Å². The summed E-state index contributed by atoms with van der Waals surface area (Å²) in [6, 6.07) is 49.4. The van der Waals surface area contributed by atoms with Gasteiger partial charge >= 0.3 is 0 Å². The summed E-state index contributed by atoms with van der Waals surface area (Å²) in [6.07, 6.45) is 0. The Morgan fingerprint density at radius 2 is 0.667 bits per heavy atom. The fourth-order valence-electron chi connectivity index (χ4n) is 5.83. The van der Waals surface area contributed by atoms with Crippen molar-refractivity contribution in [3.63, 3.8) is 0 Å². The highest BCUT2D eigenvalue weighted by Gasteiger charge is 2.09. The quantitative estimate of drug-likeness (QED) is 0.216. The van der Waals surface area contributed by atoms with Crippen LogP contribution in [-0.4, -0.2) is 0 Å². The largest absolute Gasteiger partial charge is 0.0616 e. The highest BCUT2D eigenvalue weighted by Crippen LogP contribution is 2.36. The first-order valence-electron chi connectivity index (χ1n) is 12.5. The summed E-state index contributed by atoms with van der Waals surface area (Å²) in [7, 11) is 0. The van der Waals surface area contributed by atoms with Gasteiger partial charge < -0.3 is 0 Å². The SMILES string of the molecule is c1ccc2cc3cc4cc(-c5cccc6cc7cc8ccccc8cc7cc56)ccc4cc3cc2c1. The maximum atomic E-state index is 2.36. The molecule has 8 aromatic carbocycles. The van der Waals surface area contributed by atoms with Crippen molar-refractivity contribution in [3.8, 4) is 11.1 Å². The predicted molar refractivity (Wildman–Crippen MR) is 157 cm³/mol. The van der Waals surface area contributed by atoms with Crippen LogP contribution in [0.1, 0.15) is 0 Å². The van der Waals surface area contributed by atoms with Crippen LogP contribution in [-0.2, 0) is 0 Å². The third kappa shape index (κ3) is 3.01. The monoisotopic (exact) mass is 454 g/mol. The second-order valence-electron chi connectivity index (χ2n) is 9.89. The molecule has 166 valence electrons. The zero-order valence-corrected chi connectivity index (χ0v) is 19.7. The molecule has 0 heterocycles. The maximum Gasteiger partial charge on any atom is -0.00990 e. The van der Waals surface area contributed by atoms with Crippen LogP contribution >= 0.6 is 0 Å². The number of fused-ring (bicyclic) bond motifs is 6. The minimum atomic E-state index is 1.26. The molecule has 0 unspecified atom stereocenters. The van der Waals surface area contributed by atoms with E-state index in [1.807, 2.05) is 0 Å². The highest BCUT2D eigenvalue weighted by atomic mass is 14.1. The van der Waals surface area contributed by atoms with E-state index in [-0.39, 0.29) is 0 Å². The van der Waals surface area contributed by atoms with Crippen LogP contribution in [0.4, 0.5) is 0 Å². The van der Waals surface area contributed by atoms with Crippen molar-refractivity contribution in [1.82, 2.24) is 0 Å². The molecule has 0 saturated carbocycles. The van der Waals surface area contributed by atoms with E-state index in [0.717, 1.165) is 0 Å². The molecule has 0 aliphatic carbocycles. The van der Waals surface area contributed by atoms with Gasteiger partial charge in [-0.3, -0.25) is 0 Å². The molecule has 0 fully saturated rings. The molecule has 0 atom stereocenters. The van der Waals surface area contributed by atoms with Crippen LogP contribution in [0.2, 0.25) is 0 Å². The Morgan fingerprint density at radius 3 is 1.25 bits per heavy atom. The first-order chi connectivity index (χ1) is 17.8. The molecule has 0 N–H and O–H groups in total. The van der Waals surface area contributed by atoms with Crippen molar-refractivity contribution in [2.75, 3.05) is 0 Å². The van der Waals surface area contributed by atoms with Crippen molar-refractivity contribution in [3.05, 3.63) is 133 Å². The van der Waals surface area contributed by atoms with Gasteiger partial charge in [-0.25, -0.2) is 0 Å². The molecule has 0 nitrogen and oxygen atoms in total. The molecule has 0 radical (unpaired) electrons. The number of benzene rings is 8. The van der Waals surface area contributed by atoms with Crippen LogP contribution < -0.4 is 0 Å². The Balaban J connectivity index is 1.34. The second-order valence-corrected chi connectivity index (χ2v) is 9.89. The number of hydrogen-bond donors (Lipinski definition) is 0. The van der Waals surface area contributed by atoms with E-state index < -0.39 is 0 Å². The van der Waals surface area contributed by atoms with Gasteiger partial charge in [-0.05, 0) is 130 Å². The first-order valence-corrected chi connectivity index (χ1v) is 12.5. The molecule has 0 aliphatic rings. The van der Waals surface area contributed by atoms with Gasteiger partial charge in [-0.15, -0.1) is 0 Å². The molecular weight excluding hydrogens is 432 g/mol. The van der Waals surface area contributed by atoms with E-state index >= 15 is 0 Å².